The molecule has 0 amide bonds. The van der Waals surface area contributed by atoms with E-state index >= 15 is 0 Å². The first-order chi connectivity index (χ1) is 11.5. The molecule has 1 N–H and O–H groups in total. The molecule has 0 fully saturated rings. The molecule has 3 aromatic rings. The zero-order valence-corrected chi connectivity index (χ0v) is 13.2. The smallest absolute Gasteiger partial charge is 0.351 e. The maximum Gasteiger partial charge on any atom is 0.431 e. The van der Waals surface area contributed by atoms with Gasteiger partial charge in [-0.15, -0.1) is 0 Å². The quantitative estimate of drug-likeness (QED) is 0.479. The molecule has 0 aliphatic heterocycles. The SMILES string of the molecule is Cc1ccc(-c2cc3cc(C(F)(F)F)[nH]c3cc2C)c(C(F)(F)F)c1. The Bertz CT molecular complexity index is 947. The molecule has 0 unspecified atom stereocenters. The fraction of sp³-hybridized carbons (Fsp3) is 0.222. The Morgan fingerprint density at radius 3 is 2.04 bits per heavy atom. The monoisotopic (exact) mass is 357 g/mol. The first-order valence-corrected chi connectivity index (χ1v) is 7.35. The summed E-state index contributed by atoms with van der Waals surface area (Å²) in [6.07, 6.45) is -9.11. The van der Waals surface area contributed by atoms with Gasteiger partial charge in [-0.3, -0.25) is 0 Å². The lowest BCUT2D eigenvalue weighted by atomic mass is 9.93. The molecule has 0 saturated heterocycles. The molecule has 3 rings (SSSR count). The summed E-state index contributed by atoms with van der Waals surface area (Å²) >= 11 is 0. The third kappa shape index (κ3) is 3.23. The van der Waals surface area contributed by atoms with Crippen LogP contribution in [0.4, 0.5) is 26.3 Å². The molecule has 1 aromatic heterocycles. The van der Waals surface area contributed by atoms with Crippen LogP contribution in [0, 0.1) is 13.8 Å². The van der Waals surface area contributed by atoms with E-state index in [1.54, 1.807) is 19.9 Å². The first-order valence-electron chi connectivity index (χ1n) is 7.35. The highest BCUT2D eigenvalue weighted by Gasteiger charge is 2.35. The Hall–Kier alpha value is -2.44. The summed E-state index contributed by atoms with van der Waals surface area (Å²) in [4.78, 5) is 2.26. The van der Waals surface area contributed by atoms with Crippen molar-refractivity contribution >= 4 is 10.9 Å². The number of aryl methyl sites for hydroxylation is 2. The van der Waals surface area contributed by atoms with E-state index < -0.39 is 23.6 Å². The molecule has 2 aromatic carbocycles. The minimum absolute atomic E-state index is 0.0488. The van der Waals surface area contributed by atoms with Crippen LogP contribution in [0.25, 0.3) is 22.0 Å². The summed E-state index contributed by atoms with van der Waals surface area (Å²) in [5.41, 5.74) is -0.386. The number of hydrogen-bond donors (Lipinski definition) is 1. The fourth-order valence-electron chi connectivity index (χ4n) is 2.86. The molecule has 0 bridgehead atoms. The predicted molar refractivity (Wildman–Crippen MR) is 83.2 cm³/mol. The number of halogens is 6. The van der Waals surface area contributed by atoms with Gasteiger partial charge in [0.15, 0.2) is 0 Å². The van der Waals surface area contributed by atoms with Gasteiger partial charge in [-0.1, -0.05) is 17.7 Å². The van der Waals surface area contributed by atoms with Crippen LogP contribution in [0.15, 0.2) is 36.4 Å². The first kappa shape index (κ1) is 17.4. The van der Waals surface area contributed by atoms with Gasteiger partial charge in [-0.2, -0.15) is 26.3 Å². The number of fused-ring (bicyclic) bond motifs is 1. The summed E-state index contributed by atoms with van der Waals surface area (Å²) in [6.45, 7) is 3.12. The van der Waals surface area contributed by atoms with E-state index in [9.17, 15) is 26.3 Å². The van der Waals surface area contributed by atoms with Crippen molar-refractivity contribution in [2.75, 3.05) is 0 Å². The van der Waals surface area contributed by atoms with E-state index in [0.29, 0.717) is 11.1 Å². The summed E-state index contributed by atoms with van der Waals surface area (Å²) in [6, 6.07) is 7.63. The zero-order chi connectivity index (χ0) is 18.6. The number of H-pyrrole nitrogens is 1. The van der Waals surface area contributed by atoms with Crippen LogP contribution in [-0.4, -0.2) is 4.98 Å². The Morgan fingerprint density at radius 1 is 0.760 bits per heavy atom. The van der Waals surface area contributed by atoms with Gasteiger partial charge in [0.2, 0.25) is 0 Å². The van der Waals surface area contributed by atoms with Gasteiger partial charge in [0.25, 0.3) is 0 Å². The van der Waals surface area contributed by atoms with Gasteiger partial charge in [-0.05, 0) is 54.8 Å². The van der Waals surface area contributed by atoms with Gasteiger partial charge < -0.3 is 4.98 Å². The third-order valence-electron chi connectivity index (χ3n) is 4.04. The van der Waals surface area contributed by atoms with Crippen molar-refractivity contribution in [3.05, 3.63) is 58.8 Å². The Kier molecular flexibility index (Phi) is 3.85. The topological polar surface area (TPSA) is 15.8 Å². The summed E-state index contributed by atoms with van der Waals surface area (Å²) in [5, 5.41) is 0.210. The van der Waals surface area contributed by atoms with Gasteiger partial charge in [0, 0.05) is 10.9 Å². The molecular formula is C18H13F6N. The van der Waals surface area contributed by atoms with Crippen LogP contribution in [0.5, 0.6) is 0 Å². The summed E-state index contributed by atoms with van der Waals surface area (Å²) < 4.78 is 78.6. The second-order valence-electron chi connectivity index (χ2n) is 5.98. The van der Waals surface area contributed by atoms with Crippen molar-refractivity contribution in [1.82, 2.24) is 4.98 Å². The van der Waals surface area contributed by atoms with Crippen molar-refractivity contribution in [3.63, 3.8) is 0 Å². The van der Waals surface area contributed by atoms with E-state index in [0.717, 1.165) is 12.1 Å². The third-order valence-corrected chi connectivity index (χ3v) is 4.04. The number of aromatic nitrogens is 1. The Balaban J connectivity index is 2.25. The fourth-order valence-corrected chi connectivity index (χ4v) is 2.86. The van der Waals surface area contributed by atoms with Crippen LogP contribution >= 0.6 is 0 Å². The molecule has 25 heavy (non-hydrogen) atoms. The molecule has 0 saturated carbocycles. The van der Waals surface area contributed by atoms with Crippen molar-refractivity contribution in [1.29, 1.82) is 0 Å². The Morgan fingerprint density at radius 2 is 1.44 bits per heavy atom. The largest absolute Gasteiger partial charge is 0.431 e. The molecule has 7 heteroatoms. The van der Waals surface area contributed by atoms with Crippen molar-refractivity contribution in [2.24, 2.45) is 0 Å². The average Bonchev–Trinajstić information content (AvgIpc) is 2.88. The number of alkyl halides is 6. The van der Waals surface area contributed by atoms with Gasteiger partial charge in [0.05, 0.1) is 5.56 Å². The number of nitrogens with one attached hydrogen (secondary N) is 1. The standard InChI is InChI=1S/C18H13F6N/c1-9-3-4-12(14(5-9)17(19,20)21)13-7-11-8-16(18(22,23)24)25-15(11)6-10(13)2/h3-8,25H,1-2H3. The lowest BCUT2D eigenvalue weighted by Crippen LogP contribution is -2.08. The Labute approximate surface area is 139 Å². The van der Waals surface area contributed by atoms with E-state index in [2.05, 4.69) is 4.98 Å². The van der Waals surface area contributed by atoms with Crippen molar-refractivity contribution < 1.29 is 26.3 Å². The van der Waals surface area contributed by atoms with E-state index in [1.807, 2.05) is 0 Å². The van der Waals surface area contributed by atoms with Crippen molar-refractivity contribution in [3.8, 4) is 11.1 Å². The van der Waals surface area contributed by atoms with E-state index in [4.69, 9.17) is 0 Å². The summed E-state index contributed by atoms with van der Waals surface area (Å²) in [5.74, 6) is 0. The molecule has 0 aliphatic carbocycles. The minimum atomic E-state index is -4.56. The van der Waals surface area contributed by atoms with Gasteiger partial charge in [0.1, 0.15) is 5.69 Å². The highest BCUT2D eigenvalue weighted by Crippen LogP contribution is 2.40. The van der Waals surface area contributed by atoms with Crippen LogP contribution in [0.1, 0.15) is 22.4 Å². The number of aromatic amines is 1. The maximum atomic E-state index is 13.4. The van der Waals surface area contributed by atoms with E-state index in [1.165, 1.54) is 18.2 Å². The predicted octanol–water partition coefficient (Wildman–Crippen LogP) is 6.49. The van der Waals surface area contributed by atoms with Gasteiger partial charge in [-0.25, -0.2) is 0 Å². The van der Waals surface area contributed by atoms with E-state index in [-0.39, 0.29) is 22.0 Å². The average molecular weight is 357 g/mol. The normalized spacial score (nSPS) is 12.8. The highest BCUT2D eigenvalue weighted by molar-refractivity contribution is 5.88. The summed E-state index contributed by atoms with van der Waals surface area (Å²) in [7, 11) is 0. The molecule has 0 atom stereocenters. The van der Waals surface area contributed by atoms with Crippen LogP contribution < -0.4 is 0 Å². The highest BCUT2D eigenvalue weighted by atomic mass is 19.4. The van der Waals surface area contributed by atoms with Crippen LogP contribution in [-0.2, 0) is 12.4 Å². The van der Waals surface area contributed by atoms with Crippen molar-refractivity contribution in [2.45, 2.75) is 26.2 Å². The number of rotatable bonds is 1. The number of benzene rings is 2. The molecular weight excluding hydrogens is 344 g/mol. The molecule has 0 radical (unpaired) electrons. The lowest BCUT2D eigenvalue weighted by Gasteiger charge is -2.16. The maximum absolute atomic E-state index is 13.4. The lowest BCUT2D eigenvalue weighted by molar-refractivity contribution is -0.140. The van der Waals surface area contributed by atoms with Gasteiger partial charge >= 0.3 is 12.4 Å². The molecule has 132 valence electrons. The molecule has 0 spiro atoms. The molecule has 1 nitrogen and oxygen atoms in total. The minimum Gasteiger partial charge on any atom is -0.351 e. The van der Waals surface area contributed by atoms with Crippen LogP contribution in [0.3, 0.4) is 0 Å². The molecule has 1 heterocycles. The molecule has 0 aliphatic rings. The second-order valence-corrected chi connectivity index (χ2v) is 5.98. The second kappa shape index (κ2) is 5.54. The van der Waals surface area contributed by atoms with Crippen LogP contribution in [0.2, 0.25) is 0 Å². The number of hydrogen-bond acceptors (Lipinski definition) is 0. The zero-order valence-electron chi connectivity index (χ0n) is 13.2.